The van der Waals surface area contributed by atoms with Gasteiger partial charge in [-0.2, -0.15) is 0 Å². The molecule has 0 bridgehead atoms. The fraction of sp³-hybridized carbons (Fsp3) is 0.429. The van der Waals surface area contributed by atoms with E-state index >= 15 is 0 Å². The highest BCUT2D eigenvalue weighted by Crippen LogP contribution is 2.33. The van der Waals surface area contributed by atoms with E-state index in [4.69, 9.17) is 23.2 Å². The lowest BCUT2D eigenvalue weighted by molar-refractivity contribution is -0.137. The van der Waals surface area contributed by atoms with Crippen molar-refractivity contribution in [3.05, 3.63) is 63.4 Å². The molecule has 6 heteroatoms. The molecular formula is C21H24Cl2N2O2. The molecule has 1 heterocycles. The smallest absolute Gasteiger partial charge is 0.226 e. The first-order valence-electron chi connectivity index (χ1n) is 9.33. The number of aryl methyl sites for hydroxylation is 1. The highest BCUT2D eigenvalue weighted by atomic mass is 35.5. The maximum Gasteiger partial charge on any atom is 0.226 e. The maximum atomic E-state index is 13.2. The molecular weight excluding hydrogens is 383 g/mol. The van der Waals surface area contributed by atoms with Gasteiger partial charge in [0.05, 0.1) is 22.7 Å². The van der Waals surface area contributed by atoms with Gasteiger partial charge in [0.25, 0.3) is 0 Å². The van der Waals surface area contributed by atoms with Crippen molar-refractivity contribution in [1.29, 1.82) is 0 Å². The molecule has 27 heavy (non-hydrogen) atoms. The monoisotopic (exact) mass is 406 g/mol. The number of fused-ring (bicyclic) bond motifs is 1. The van der Waals surface area contributed by atoms with Crippen LogP contribution in [-0.2, 0) is 17.6 Å². The zero-order valence-electron chi connectivity index (χ0n) is 15.4. The fourth-order valence-corrected chi connectivity index (χ4v) is 4.04. The Labute approximate surface area is 170 Å². The Morgan fingerprint density at radius 2 is 2.07 bits per heavy atom. The number of hydrogen-bond donors (Lipinski definition) is 1. The molecule has 4 nitrogen and oxygen atoms in total. The van der Waals surface area contributed by atoms with Gasteiger partial charge in [-0.25, -0.2) is 0 Å². The minimum absolute atomic E-state index is 0.0940. The topological polar surface area (TPSA) is 53.4 Å². The normalized spacial score (nSPS) is 17.3. The van der Waals surface area contributed by atoms with Crippen molar-refractivity contribution in [2.45, 2.75) is 38.7 Å². The third-order valence-corrected chi connectivity index (χ3v) is 5.81. The van der Waals surface area contributed by atoms with Crippen molar-refractivity contribution in [3.8, 4) is 0 Å². The molecule has 0 spiro atoms. The highest BCUT2D eigenvalue weighted by Gasteiger charge is 2.29. The van der Waals surface area contributed by atoms with Gasteiger partial charge in [-0.15, -0.1) is 0 Å². The summed E-state index contributed by atoms with van der Waals surface area (Å²) in [5, 5.41) is 11.6. The second-order valence-corrected chi connectivity index (χ2v) is 7.88. The summed E-state index contributed by atoms with van der Waals surface area (Å²) >= 11 is 12.3. The summed E-state index contributed by atoms with van der Waals surface area (Å²) in [6, 6.07) is 7.41. The summed E-state index contributed by atoms with van der Waals surface area (Å²) in [4.78, 5) is 19.0. The van der Waals surface area contributed by atoms with Gasteiger partial charge in [0.1, 0.15) is 0 Å². The Morgan fingerprint density at radius 1 is 1.33 bits per heavy atom. The van der Waals surface area contributed by atoms with Gasteiger partial charge in [-0.1, -0.05) is 36.2 Å². The Kier molecular flexibility index (Phi) is 6.74. The molecule has 0 fully saturated rings. The van der Waals surface area contributed by atoms with Gasteiger partial charge >= 0.3 is 0 Å². The van der Waals surface area contributed by atoms with Gasteiger partial charge in [-0.3, -0.25) is 9.78 Å². The first-order chi connectivity index (χ1) is 13.0. The lowest BCUT2D eigenvalue weighted by Crippen LogP contribution is -2.41. The van der Waals surface area contributed by atoms with Gasteiger partial charge in [0, 0.05) is 30.4 Å². The molecule has 0 radical (unpaired) electrons. The summed E-state index contributed by atoms with van der Waals surface area (Å²) in [7, 11) is 0. The van der Waals surface area contributed by atoms with Crippen LogP contribution >= 0.6 is 23.2 Å². The van der Waals surface area contributed by atoms with Gasteiger partial charge < -0.3 is 10.0 Å². The predicted molar refractivity (Wildman–Crippen MR) is 108 cm³/mol. The lowest BCUT2D eigenvalue weighted by Gasteiger charge is -2.31. The molecule has 2 atom stereocenters. The van der Waals surface area contributed by atoms with Crippen molar-refractivity contribution >= 4 is 29.1 Å². The number of benzene rings is 1. The third kappa shape index (κ3) is 4.81. The van der Waals surface area contributed by atoms with Crippen LogP contribution < -0.4 is 0 Å². The summed E-state index contributed by atoms with van der Waals surface area (Å²) in [5.74, 6) is -0.00102. The van der Waals surface area contributed by atoms with Gasteiger partial charge in [0.2, 0.25) is 5.91 Å². The standard InChI is InChI=1S/C21H24Cl2N2O2/c1-2-8-25(13-20(26)16-4-3-7-24-12-16)21(27)15-6-5-14-10-18(22)19(23)11-17(14)9-15/h3-4,7,10-12,15,20,26H,2,5-6,8-9,13H2,1H3/t15?,20-/m1/s1. The number of carbonyl (C=O) groups is 1. The Morgan fingerprint density at radius 3 is 2.74 bits per heavy atom. The minimum atomic E-state index is -0.738. The largest absolute Gasteiger partial charge is 0.386 e. The number of nitrogens with zero attached hydrogens (tertiary/aromatic N) is 2. The van der Waals surface area contributed by atoms with Crippen molar-refractivity contribution in [2.75, 3.05) is 13.1 Å². The molecule has 0 saturated heterocycles. The van der Waals surface area contributed by atoms with Crippen molar-refractivity contribution in [1.82, 2.24) is 9.88 Å². The van der Waals surface area contributed by atoms with Crippen molar-refractivity contribution < 1.29 is 9.90 Å². The van der Waals surface area contributed by atoms with Crippen LogP contribution in [0.15, 0.2) is 36.7 Å². The second-order valence-electron chi connectivity index (χ2n) is 7.06. The van der Waals surface area contributed by atoms with E-state index in [9.17, 15) is 9.90 Å². The van der Waals surface area contributed by atoms with Crippen LogP contribution in [0.2, 0.25) is 10.0 Å². The predicted octanol–water partition coefficient (Wildman–Crippen LogP) is 4.47. The van der Waals surface area contributed by atoms with E-state index in [2.05, 4.69) is 4.98 Å². The van der Waals surface area contributed by atoms with E-state index in [0.29, 0.717) is 23.0 Å². The number of halogens is 2. The molecule has 1 aromatic heterocycles. The number of hydrogen-bond acceptors (Lipinski definition) is 3. The number of aliphatic hydroxyl groups is 1. The average Bonchev–Trinajstić information content (AvgIpc) is 2.68. The number of amides is 1. The van der Waals surface area contributed by atoms with Crippen LogP contribution in [0, 0.1) is 5.92 Å². The molecule has 1 N–H and O–H groups in total. The molecule has 0 saturated carbocycles. The molecule has 1 unspecified atom stereocenters. The molecule has 1 amide bonds. The fourth-order valence-electron chi connectivity index (χ4n) is 3.67. The Hall–Kier alpha value is -1.62. The molecule has 3 rings (SSSR count). The summed E-state index contributed by atoms with van der Waals surface area (Å²) in [6.07, 6.45) is 5.67. The zero-order valence-corrected chi connectivity index (χ0v) is 16.9. The number of carbonyl (C=O) groups excluding carboxylic acids is 1. The molecule has 1 aliphatic carbocycles. The average molecular weight is 407 g/mol. The molecule has 1 aliphatic rings. The van der Waals surface area contributed by atoms with Gasteiger partial charge in [-0.05, 0) is 55.0 Å². The van der Waals surface area contributed by atoms with Crippen molar-refractivity contribution in [3.63, 3.8) is 0 Å². The van der Waals surface area contributed by atoms with Crippen LogP contribution in [0.3, 0.4) is 0 Å². The second kappa shape index (κ2) is 9.05. The SMILES string of the molecule is CCCN(C[C@@H](O)c1cccnc1)C(=O)C1CCc2cc(Cl)c(Cl)cc2C1. The first kappa shape index (κ1) is 20.1. The quantitative estimate of drug-likeness (QED) is 0.769. The molecule has 0 aliphatic heterocycles. The summed E-state index contributed by atoms with van der Waals surface area (Å²) in [5.41, 5.74) is 2.99. The minimum Gasteiger partial charge on any atom is -0.386 e. The number of aliphatic hydroxyl groups excluding tert-OH is 1. The molecule has 2 aromatic rings. The van der Waals surface area contributed by atoms with E-state index in [1.165, 1.54) is 5.56 Å². The van der Waals surface area contributed by atoms with Crippen LogP contribution in [0.25, 0.3) is 0 Å². The van der Waals surface area contributed by atoms with E-state index < -0.39 is 6.10 Å². The number of rotatable bonds is 6. The Bertz CT molecular complexity index is 798. The van der Waals surface area contributed by atoms with Crippen LogP contribution in [0.4, 0.5) is 0 Å². The van der Waals surface area contributed by atoms with Crippen LogP contribution in [0.5, 0.6) is 0 Å². The van der Waals surface area contributed by atoms with E-state index in [1.807, 2.05) is 25.1 Å². The molecule has 1 aromatic carbocycles. The summed E-state index contributed by atoms with van der Waals surface area (Å²) in [6.45, 7) is 2.94. The van der Waals surface area contributed by atoms with Crippen LogP contribution in [0.1, 0.15) is 42.6 Å². The maximum absolute atomic E-state index is 13.2. The number of pyridine rings is 1. The lowest BCUT2D eigenvalue weighted by atomic mass is 9.83. The van der Waals surface area contributed by atoms with Gasteiger partial charge in [0.15, 0.2) is 0 Å². The van der Waals surface area contributed by atoms with Crippen LogP contribution in [-0.4, -0.2) is 34.0 Å². The van der Waals surface area contributed by atoms with E-state index in [-0.39, 0.29) is 18.4 Å². The molecule has 144 valence electrons. The number of aromatic nitrogens is 1. The third-order valence-electron chi connectivity index (χ3n) is 5.09. The Balaban J connectivity index is 1.72. The van der Waals surface area contributed by atoms with Crippen molar-refractivity contribution in [2.24, 2.45) is 5.92 Å². The highest BCUT2D eigenvalue weighted by molar-refractivity contribution is 6.42. The summed E-state index contributed by atoms with van der Waals surface area (Å²) < 4.78 is 0. The first-order valence-corrected chi connectivity index (χ1v) is 10.1. The zero-order chi connectivity index (χ0) is 19.4. The van der Waals surface area contributed by atoms with E-state index in [0.717, 1.165) is 30.4 Å². The van der Waals surface area contributed by atoms with E-state index in [1.54, 1.807) is 23.4 Å².